The number of hydrogen-bond acceptors (Lipinski definition) is 3. The number of nitrogens with one attached hydrogen (secondary N) is 2. The van der Waals surface area contributed by atoms with Gasteiger partial charge in [-0.05, 0) is 43.3 Å². The van der Waals surface area contributed by atoms with Gasteiger partial charge >= 0.3 is 0 Å². The van der Waals surface area contributed by atoms with Crippen LogP contribution in [0.3, 0.4) is 0 Å². The Bertz CT molecular complexity index is 893. The van der Waals surface area contributed by atoms with E-state index in [2.05, 4.69) is 11.8 Å². The van der Waals surface area contributed by atoms with Crippen LogP contribution in [0, 0.1) is 6.92 Å². The molecule has 1 aliphatic heterocycles. The Morgan fingerprint density at radius 1 is 1.00 bits per heavy atom. The van der Waals surface area contributed by atoms with Gasteiger partial charge in [0.25, 0.3) is 15.9 Å². The van der Waals surface area contributed by atoms with E-state index in [9.17, 15) is 13.2 Å². The molecule has 2 N–H and O–H groups in total. The number of aryl methyl sites for hydroxylation is 1. The standard InChI is InChI=1S/C20H25N3O3S/c1-16-4-8-18(9-5-16)21-27(25,26)19-10-6-17(7-11-19)20(24)23-13-3-12-22(2)14-15-23/h4-11,21H,3,12-15H2,1-2H3/p+1. The number of quaternary nitrogens is 1. The molecule has 144 valence electrons. The molecule has 0 aromatic heterocycles. The lowest BCUT2D eigenvalue weighted by Crippen LogP contribution is -3.09. The minimum absolute atomic E-state index is 0.0415. The van der Waals surface area contributed by atoms with Gasteiger partial charge in [-0.1, -0.05) is 17.7 Å². The molecule has 2 aromatic rings. The van der Waals surface area contributed by atoms with Crippen LogP contribution in [0.2, 0.25) is 0 Å². The largest absolute Gasteiger partial charge is 0.336 e. The summed E-state index contributed by atoms with van der Waals surface area (Å²) in [7, 11) is -1.55. The van der Waals surface area contributed by atoms with Gasteiger partial charge in [-0.2, -0.15) is 0 Å². The number of rotatable bonds is 4. The first kappa shape index (κ1) is 19.4. The number of hydrogen-bond donors (Lipinski definition) is 2. The van der Waals surface area contributed by atoms with Crippen molar-refractivity contribution in [3.63, 3.8) is 0 Å². The Kier molecular flexibility index (Phi) is 5.82. The predicted molar refractivity (Wildman–Crippen MR) is 106 cm³/mol. The number of carbonyl (C=O) groups is 1. The van der Waals surface area contributed by atoms with Crippen molar-refractivity contribution >= 4 is 21.6 Å². The van der Waals surface area contributed by atoms with Crippen molar-refractivity contribution in [3.05, 3.63) is 59.7 Å². The van der Waals surface area contributed by atoms with Gasteiger partial charge in [-0.3, -0.25) is 9.52 Å². The molecule has 1 fully saturated rings. The molecular formula is C20H26N3O3S+. The van der Waals surface area contributed by atoms with E-state index in [1.165, 1.54) is 17.0 Å². The molecule has 1 unspecified atom stereocenters. The lowest BCUT2D eigenvalue weighted by atomic mass is 10.2. The molecule has 27 heavy (non-hydrogen) atoms. The van der Waals surface area contributed by atoms with Crippen LogP contribution in [0.1, 0.15) is 22.3 Å². The number of amides is 1. The van der Waals surface area contributed by atoms with Gasteiger partial charge in [0.1, 0.15) is 0 Å². The maximum atomic E-state index is 12.7. The Morgan fingerprint density at radius 2 is 1.67 bits per heavy atom. The molecule has 1 amide bonds. The predicted octanol–water partition coefficient (Wildman–Crippen LogP) is 1.16. The molecule has 0 radical (unpaired) electrons. The summed E-state index contributed by atoms with van der Waals surface area (Å²) in [5.74, 6) is -0.0415. The quantitative estimate of drug-likeness (QED) is 0.826. The summed E-state index contributed by atoms with van der Waals surface area (Å²) in [6.07, 6.45) is 0.977. The van der Waals surface area contributed by atoms with E-state index in [-0.39, 0.29) is 10.8 Å². The summed E-state index contributed by atoms with van der Waals surface area (Å²) in [6.45, 7) is 5.40. The zero-order valence-electron chi connectivity index (χ0n) is 15.7. The monoisotopic (exact) mass is 388 g/mol. The van der Waals surface area contributed by atoms with Crippen LogP contribution in [0.15, 0.2) is 53.4 Å². The Balaban J connectivity index is 1.72. The van der Waals surface area contributed by atoms with Crippen LogP contribution in [0.5, 0.6) is 0 Å². The first-order valence-corrected chi connectivity index (χ1v) is 10.6. The normalized spacial score (nSPS) is 18.0. The molecule has 0 aliphatic carbocycles. The van der Waals surface area contributed by atoms with E-state index in [4.69, 9.17) is 0 Å². The third-order valence-electron chi connectivity index (χ3n) is 4.84. The Morgan fingerprint density at radius 3 is 2.33 bits per heavy atom. The van der Waals surface area contributed by atoms with Crippen LogP contribution in [-0.2, 0) is 10.0 Å². The lowest BCUT2D eigenvalue weighted by molar-refractivity contribution is -0.877. The van der Waals surface area contributed by atoms with E-state index in [0.29, 0.717) is 11.3 Å². The SMILES string of the molecule is Cc1ccc(NS(=O)(=O)c2ccc(C(=O)N3CCC[NH+](C)CC3)cc2)cc1. The summed E-state index contributed by atoms with van der Waals surface area (Å²) < 4.78 is 27.6. The molecule has 1 saturated heterocycles. The average molecular weight is 389 g/mol. The van der Waals surface area contributed by atoms with Crippen LogP contribution < -0.4 is 9.62 Å². The van der Waals surface area contributed by atoms with E-state index in [1.54, 1.807) is 24.3 Å². The maximum absolute atomic E-state index is 12.7. The fourth-order valence-corrected chi connectivity index (χ4v) is 4.19. The van der Waals surface area contributed by atoms with Crippen LogP contribution in [0.4, 0.5) is 5.69 Å². The van der Waals surface area contributed by atoms with Crippen molar-refractivity contribution in [1.29, 1.82) is 0 Å². The van der Waals surface area contributed by atoms with Gasteiger partial charge in [-0.15, -0.1) is 0 Å². The van der Waals surface area contributed by atoms with Crippen molar-refractivity contribution in [2.75, 3.05) is 37.9 Å². The molecule has 1 aliphatic rings. The fourth-order valence-electron chi connectivity index (χ4n) is 3.13. The second kappa shape index (κ2) is 8.10. The lowest BCUT2D eigenvalue weighted by Gasteiger charge is -2.19. The third-order valence-corrected chi connectivity index (χ3v) is 6.24. The van der Waals surface area contributed by atoms with Crippen LogP contribution in [-0.4, -0.2) is 52.5 Å². The smallest absolute Gasteiger partial charge is 0.261 e. The van der Waals surface area contributed by atoms with Crippen molar-refractivity contribution < 1.29 is 18.1 Å². The zero-order valence-corrected chi connectivity index (χ0v) is 16.6. The maximum Gasteiger partial charge on any atom is 0.261 e. The number of sulfonamides is 1. The molecule has 0 spiro atoms. The highest BCUT2D eigenvalue weighted by molar-refractivity contribution is 7.92. The van der Waals surface area contributed by atoms with E-state index in [1.807, 2.05) is 24.0 Å². The molecule has 1 heterocycles. The Hall–Kier alpha value is -2.38. The van der Waals surface area contributed by atoms with E-state index < -0.39 is 10.0 Å². The topological polar surface area (TPSA) is 70.9 Å². The van der Waals surface area contributed by atoms with Crippen LogP contribution >= 0.6 is 0 Å². The molecule has 2 aromatic carbocycles. The first-order chi connectivity index (χ1) is 12.8. The number of anilines is 1. The highest BCUT2D eigenvalue weighted by atomic mass is 32.2. The third kappa shape index (κ3) is 4.87. The fraction of sp³-hybridized carbons (Fsp3) is 0.350. The van der Waals surface area contributed by atoms with Crippen molar-refractivity contribution in [2.24, 2.45) is 0 Å². The Labute approximate surface area is 160 Å². The van der Waals surface area contributed by atoms with Crippen molar-refractivity contribution in [2.45, 2.75) is 18.2 Å². The van der Waals surface area contributed by atoms with Gasteiger partial charge in [0.2, 0.25) is 0 Å². The summed E-state index contributed by atoms with van der Waals surface area (Å²) in [5, 5.41) is 0. The summed E-state index contributed by atoms with van der Waals surface area (Å²) >= 11 is 0. The minimum atomic E-state index is -3.68. The first-order valence-electron chi connectivity index (χ1n) is 9.15. The minimum Gasteiger partial charge on any atom is -0.336 e. The number of likely N-dealkylation sites (N-methyl/N-ethyl adjacent to an activating group) is 1. The van der Waals surface area contributed by atoms with E-state index >= 15 is 0 Å². The van der Waals surface area contributed by atoms with Gasteiger partial charge < -0.3 is 9.80 Å². The highest BCUT2D eigenvalue weighted by Crippen LogP contribution is 2.18. The summed E-state index contributed by atoms with van der Waals surface area (Å²) in [5.41, 5.74) is 2.09. The molecule has 1 atom stereocenters. The summed E-state index contributed by atoms with van der Waals surface area (Å²) in [6, 6.07) is 13.3. The van der Waals surface area contributed by atoms with E-state index in [0.717, 1.165) is 38.2 Å². The number of benzene rings is 2. The zero-order chi connectivity index (χ0) is 19.4. The summed E-state index contributed by atoms with van der Waals surface area (Å²) in [4.78, 5) is 16.1. The molecule has 7 heteroatoms. The second-order valence-electron chi connectivity index (χ2n) is 7.10. The molecular weight excluding hydrogens is 362 g/mol. The van der Waals surface area contributed by atoms with Gasteiger partial charge in [0.15, 0.2) is 0 Å². The molecule has 6 nitrogen and oxygen atoms in total. The second-order valence-corrected chi connectivity index (χ2v) is 8.78. The molecule has 0 saturated carbocycles. The van der Waals surface area contributed by atoms with Crippen LogP contribution in [0.25, 0.3) is 0 Å². The van der Waals surface area contributed by atoms with Gasteiger partial charge in [0, 0.05) is 24.2 Å². The number of carbonyl (C=O) groups excluding carboxylic acids is 1. The van der Waals surface area contributed by atoms with Crippen molar-refractivity contribution in [1.82, 2.24) is 4.90 Å². The molecule has 0 bridgehead atoms. The van der Waals surface area contributed by atoms with Crippen molar-refractivity contribution in [3.8, 4) is 0 Å². The average Bonchev–Trinajstić information content (AvgIpc) is 2.87. The highest BCUT2D eigenvalue weighted by Gasteiger charge is 2.21. The molecule has 3 rings (SSSR count). The van der Waals surface area contributed by atoms with Gasteiger partial charge in [-0.25, -0.2) is 8.42 Å². The van der Waals surface area contributed by atoms with Gasteiger partial charge in [0.05, 0.1) is 31.6 Å². The number of nitrogens with zero attached hydrogens (tertiary/aromatic N) is 1.